The summed E-state index contributed by atoms with van der Waals surface area (Å²) in [5.74, 6) is -4.83. The van der Waals surface area contributed by atoms with E-state index >= 15 is 0 Å². The molecule has 0 aliphatic heterocycles. The van der Waals surface area contributed by atoms with Crippen molar-refractivity contribution in [3.63, 3.8) is 0 Å². The Morgan fingerprint density at radius 2 is 1.83 bits per heavy atom. The van der Waals surface area contributed by atoms with Crippen LogP contribution in [-0.2, 0) is 25.9 Å². The standard InChI is InChI=1S/C20H15ClF4N4O6/c21-11-7-15(22)17(27-9-11)33-14-3-1-13(2-4-14)29-6-5-28(19(29)32)10-12(26)8-16(30)34-35-18(31)20(23,24)25/h1-7,9,12H,8,10,26H2/t12-/m0/s1. The lowest BCUT2D eigenvalue weighted by atomic mass is 10.2. The molecule has 0 fully saturated rings. The van der Waals surface area contributed by atoms with Crippen molar-refractivity contribution in [3.05, 3.63) is 70.2 Å². The third-order valence-electron chi connectivity index (χ3n) is 4.25. The van der Waals surface area contributed by atoms with Gasteiger partial charge in [-0.05, 0) is 30.3 Å². The molecule has 0 aliphatic carbocycles. The molecule has 1 aromatic carbocycles. The fraction of sp³-hybridized carbons (Fsp3) is 0.200. The average Bonchev–Trinajstić information content (AvgIpc) is 3.13. The van der Waals surface area contributed by atoms with Gasteiger partial charge in [0.1, 0.15) is 5.75 Å². The molecule has 0 unspecified atom stereocenters. The number of ether oxygens (including phenoxy) is 1. The van der Waals surface area contributed by atoms with Crippen LogP contribution in [0.2, 0.25) is 5.02 Å². The number of imidazole rings is 1. The van der Waals surface area contributed by atoms with E-state index in [9.17, 15) is 31.9 Å². The summed E-state index contributed by atoms with van der Waals surface area (Å²) in [5, 5.41) is 0.107. The summed E-state index contributed by atoms with van der Waals surface area (Å²) in [7, 11) is 0. The van der Waals surface area contributed by atoms with Crippen molar-refractivity contribution >= 4 is 23.5 Å². The molecule has 15 heteroatoms. The molecular weight excluding hydrogens is 504 g/mol. The van der Waals surface area contributed by atoms with E-state index in [0.717, 1.165) is 10.6 Å². The lowest BCUT2D eigenvalue weighted by Crippen LogP contribution is -2.35. The van der Waals surface area contributed by atoms with Gasteiger partial charge in [-0.1, -0.05) is 11.6 Å². The Hall–Kier alpha value is -3.91. The molecule has 2 aromatic heterocycles. The summed E-state index contributed by atoms with van der Waals surface area (Å²) in [6.45, 7) is -0.198. The Kier molecular flexibility index (Phi) is 7.76. The number of hydrogen-bond acceptors (Lipinski definition) is 8. The molecule has 35 heavy (non-hydrogen) atoms. The van der Waals surface area contributed by atoms with Crippen molar-refractivity contribution in [2.45, 2.75) is 25.2 Å². The molecule has 3 aromatic rings. The largest absolute Gasteiger partial charge is 0.495 e. The topological polar surface area (TPSA) is 128 Å². The lowest BCUT2D eigenvalue weighted by molar-refractivity contribution is -0.286. The summed E-state index contributed by atoms with van der Waals surface area (Å²) < 4.78 is 57.6. The normalized spacial score (nSPS) is 12.2. The van der Waals surface area contributed by atoms with Gasteiger partial charge in [-0.2, -0.15) is 13.2 Å². The van der Waals surface area contributed by atoms with Crippen LogP contribution in [0.4, 0.5) is 17.6 Å². The van der Waals surface area contributed by atoms with Crippen LogP contribution in [0, 0.1) is 5.82 Å². The number of nitrogens with two attached hydrogens (primary N) is 1. The molecule has 2 heterocycles. The summed E-state index contributed by atoms with van der Waals surface area (Å²) in [6.07, 6.45) is -1.96. The third-order valence-corrected chi connectivity index (χ3v) is 4.46. The Morgan fingerprint density at radius 1 is 1.14 bits per heavy atom. The molecule has 0 amide bonds. The van der Waals surface area contributed by atoms with E-state index in [2.05, 4.69) is 14.8 Å². The monoisotopic (exact) mass is 518 g/mol. The molecule has 186 valence electrons. The van der Waals surface area contributed by atoms with Crippen LogP contribution in [0.3, 0.4) is 0 Å². The van der Waals surface area contributed by atoms with Gasteiger partial charge < -0.3 is 10.5 Å². The van der Waals surface area contributed by atoms with Crippen molar-refractivity contribution in [2.75, 3.05) is 0 Å². The summed E-state index contributed by atoms with van der Waals surface area (Å²) in [6, 6.07) is 5.97. The number of aromatic nitrogens is 3. The van der Waals surface area contributed by atoms with E-state index in [1.807, 2.05) is 0 Å². The number of hydrogen-bond donors (Lipinski definition) is 1. The van der Waals surface area contributed by atoms with Gasteiger partial charge in [0.15, 0.2) is 5.82 Å². The zero-order chi connectivity index (χ0) is 25.8. The fourth-order valence-electron chi connectivity index (χ4n) is 2.71. The van der Waals surface area contributed by atoms with Crippen LogP contribution in [0.5, 0.6) is 11.6 Å². The molecule has 1 atom stereocenters. The molecule has 2 N–H and O–H groups in total. The van der Waals surface area contributed by atoms with Gasteiger partial charge in [0.2, 0.25) is 0 Å². The van der Waals surface area contributed by atoms with Crippen LogP contribution in [-0.4, -0.2) is 38.3 Å². The Bertz CT molecular complexity index is 1280. The number of benzene rings is 1. The Morgan fingerprint density at radius 3 is 2.46 bits per heavy atom. The molecule has 0 bridgehead atoms. The second kappa shape index (κ2) is 10.6. The number of halogens is 5. The fourth-order valence-corrected chi connectivity index (χ4v) is 2.85. The predicted octanol–water partition coefficient (Wildman–Crippen LogP) is 2.90. The number of nitrogens with zero attached hydrogens (tertiary/aromatic N) is 3. The molecular formula is C20H15ClF4N4O6. The minimum atomic E-state index is -5.33. The van der Waals surface area contributed by atoms with E-state index in [1.54, 1.807) is 0 Å². The summed E-state index contributed by atoms with van der Waals surface area (Å²) in [5.41, 5.74) is 5.61. The van der Waals surface area contributed by atoms with Crippen LogP contribution >= 0.6 is 11.6 Å². The van der Waals surface area contributed by atoms with Gasteiger partial charge >= 0.3 is 23.8 Å². The van der Waals surface area contributed by atoms with Crippen molar-refractivity contribution in [2.24, 2.45) is 5.73 Å². The maximum absolute atomic E-state index is 13.8. The molecule has 0 radical (unpaired) electrons. The SMILES string of the molecule is N[C@@H](CC(=O)OOC(=O)C(F)(F)F)Cn1ccn(-c2ccc(Oc3ncc(Cl)cc3F)cc2)c1=O. The molecule has 3 rings (SSSR count). The van der Waals surface area contributed by atoms with Crippen LogP contribution in [0.1, 0.15) is 6.42 Å². The maximum Gasteiger partial charge on any atom is 0.495 e. The first-order chi connectivity index (χ1) is 16.4. The van der Waals surface area contributed by atoms with Gasteiger partial charge in [-0.15, -0.1) is 0 Å². The number of carbonyl (C=O) groups excluding carboxylic acids is 2. The van der Waals surface area contributed by atoms with Crippen molar-refractivity contribution in [1.29, 1.82) is 0 Å². The van der Waals surface area contributed by atoms with Crippen molar-refractivity contribution < 1.29 is 41.7 Å². The van der Waals surface area contributed by atoms with Crippen LogP contribution in [0.25, 0.3) is 5.69 Å². The van der Waals surface area contributed by atoms with Gasteiger partial charge in [-0.25, -0.2) is 33.5 Å². The van der Waals surface area contributed by atoms with E-state index in [0.29, 0.717) is 5.69 Å². The van der Waals surface area contributed by atoms with E-state index < -0.39 is 42.1 Å². The molecule has 10 nitrogen and oxygen atoms in total. The maximum atomic E-state index is 13.8. The van der Waals surface area contributed by atoms with Crippen molar-refractivity contribution in [3.8, 4) is 17.3 Å². The van der Waals surface area contributed by atoms with E-state index in [-0.39, 0.29) is 23.2 Å². The minimum absolute atomic E-state index is 0.107. The predicted molar refractivity (Wildman–Crippen MR) is 110 cm³/mol. The Labute approximate surface area is 198 Å². The highest BCUT2D eigenvalue weighted by Gasteiger charge is 2.43. The number of carbonyl (C=O) groups is 2. The average molecular weight is 519 g/mol. The second-order valence-electron chi connectivity index (χ2n) is 6.93. The van der Waals surface area contributed by atoms with Gasteiger partial charge in [0.25, 0.3) is 5.88 Å². The highest BCUT2D eigenvalue weighted by molar-refractivity contribution is 6.30. The lowest BCUT2D eigenvalue weighted by Gasteiger charge is -2.11. The minimum Gasteiger partial charge on any atom is -0.436 e. The summed E-state index contributed by atoms with van der Waals surface area (Å²) >= 11 is 5.64. The highest BCUT2D eigenvalue weighted by atomic mass is 35.5. The number of alkyl halides is 3. The molecule has 0 saturated heterocycles. The smallest absolute Gasteiger partial charge is 0.436 e. The number of rotatable bonds is 7. The van der Waals surface area contributed by atoms with E-state index in [4.69, 9.17) is 22.1 Å². The molecule has 0 aliphatic rings. The first-order valence-corrected chi connectivity index (χ1v) is 9.93. The van der Waals surface area contributed by atoms with Crippen LogP contribution < -0.4 is 16.2 Å². The summed E-state index contributed by atoms with van der Waals surface area (Å²) in [4.78, 5) is 45.6. The Balaban J connectivity index is 1.59. The third kappa shape index (κ3) is 6.80. The molecule has 0 spiro atoms. The molecule has 0 saturated carbocycles. The first kappa shape index (κ1) is 25.7. The second-order valence-corrected chi connectivity index (χ2v) is 7.36. The quantitative estimate of drug-likeness (QED) is 0.287. The van der Waals surface area contributed by atoms with Gasteiger partial charge in [-0.3, -0.25) is 9.13 Å². The van der Waals surface area contributed by atoms with Gasteiger partial charge in [0.05, 0.1) is 17.1 Å². The zero-order valence-electron chi connectivity index (χ0n) is 17.4. The van der Waals surface area contributed by atoms with Crippen molar-refractivity contribution in [1.82, 2.24) is 14.1 Å². The number of pyridine rings is 1. The zero-order valence-corrected chi connectivity index (χ0v) is 18.1. The first-order valence-electron chi connectivity index (χ1n) is 9.55. The van der Waals surface area contributed by atoms with Crippen LogP contribution in [0.15, 0.2) is 53.7 Å². The van der Waals surface area contributed by atoms with Gasteiger partial charge in [0, 0.05) is 31.2 Å². The highest BCUT2D eigenvalue weighted by Crippen LogP contribution is 2.24. The van der Waals surface area contributed by atoms with E-state index in [1.165, 1.54) is 47.4 Å².